The first kappa shape index (κ1) is 13.0. The molecular weight excluding hydrogens is 200 g/mol. The Hall–Kier alpha value is -1.02. The molecule has 16 heavy (non-hydrogen) atoms. The molecule has 0 amide bonds. The minimum atomic E-state index is -0.255. The largest absolute Gasteiger partial charge is 0.496 e. The highest BCUT2D eigenvalue weighted by atomic mass is 16.5. The zero-order valence-electron chi connectivity index (χ0n) is 10.7. The van der Waals surface area contributed by atoms with Crippen molar-refractivity contribution in [2.75, 3.05) is 7.11 Å². The van der Waals surface area contributed by atoms with Crippen molar-refractivity contribution in [1.82, 2.24) is 0 Å². The van der Waals surface area contributed by atoms with E-state index in [0.717, 1.165) is 17.7 Å². The average Bonchev–Trinajstić information content (AvgIpc) is 2.28. The first-order valence-electron chi connectivity index (χ1n) is 5.93. The molecule has 0 spiro atoms. The maximum Gasteiger partial charge on any atom is 0.122 e. The van der Waals surface area contributed by atoms with Crippen LogP contribution < -0.4 is 4.74 Å². The van der Waals surface area contributed by atoms with Crippen molar-refractivity contribution in [1.29, 1.82) is 0 Å². The molecule has 1 atom stereocenters. The van der Waals surface area contributed by atoms with Crippen LogP contribution in [0.15, 0.2) is 18.2 Å². The summed E-state index contributed by atoms with van der Waals surface area (Å²) in [6.45, 7) is 6.29. The third kappa shape index (κ3) is 3.24. The fraction of sp³-hybridized carbons (Fsp3) is 0.571. The molecule has 1 aromatic rings. The lowest BCUT2D eigenvalue weighted by atomic mass is 9.98. The normalized spacial score (nSPS) is 12.9. The van der Waals surface area contributed by atoms with Crippen LogP contribution in [0.1, 0.15) is 44.2 Å². The highest BCUT2D eigenvalue weighted by Gasteiger charge is 2.09. The summed E-state index contributed by atoms with van der Waals surface area (Å²) in [6, 6.07) is 6.21. The van der Waals surface area contributed by atoms with Gasteiger partial charge in [-0.3, -0.25) is 0 Å². The maximum atomic E-state index is 9.61. The Labute approximate surface area is 98.3 Å². The van der Waals surface area contributed by atoms with Gasteiger partial charge in [0.1, 0.15) is 5.75 Å². The lowest BCUT2D eigenvalue weighted by molar-refractivity contribution is 0.170. The summed E-state index contributed by atoms with van der Waals surface area (Å²) in [5.74, 6) is 1.39. The Bertz CT molecular complexity index is 332. The molecule has 0 saturated carbocycles. The molecule has 0 heterocycles. The van der Waals surface area contributed by atoms with Crippen molar-refractivity contribution in [3.63, 3.8) is 0 Å². The Kier molecular flexibility index (Phi) is 4.81. The van der Waals surface area contributed by atoms with Crippen LogP contribution >= 0.6 is 0 Å². The third-order valence-electron chi connectivity index (χ3n) is 2.86. The van der Waals surface area contributed by atoms with Crippen LogP contribution in [0.25, 0.3) is 0 Å². The minimum Gasteiger partial charge on any atom is -0.496 e. The number of aliphatic hydroxyl groups is 1. The third-order valence-corrected chi connectivity index (χ3v) is 2.86. The number of aliphatic hydroxyl groups excluding tert-OH is 1. The number of hydrogen-bond donors (Lipinski definition) is 1. The SMILES string of the molecule is CCC(O)Cc1ccc(C(C)C)c(OC)c1. The molecule has 2 heteroatoms. The highest BCUT2D eigenvalue weighted by molar-refractivity contribution is 5.39. The predicted molar refractivity (Wildman–Crippen MR) is 67.1 cm³/mol. The van der Waals surface area contributed by atoms with Gasteiger partial charge in [0.2, 0.25) is 0 Å². The van der Waals surface area contributed by atoms with E-state index in [1.54, 1.807) is 7.11 Å². The molecule has 0 aromatic heterocycles. The van der Waals surface area contributed by atoms with Crippen LogP contribution in [0.4, 0.5) is 0 Å². The molecule has 0 saturated heterocycles. The molecule has 0 bridgehead atoms. The fourth-order valence-corrected chi connectivity index (χ4v) is 1.78. The van der Waals surface area contributed by atoms with Gasteiger partial charge in [0.25, 0.3) is 0 Å². The molecule has 0 aliphatic rings. The Balaban J connectivity index is 2.90. The van der Waals surface area contributed by atoms with Crippen molar-refractivity contribution in [2.24, 2.45) is 0 Å². The van der Waals surface area contributed by atoms with E-state index < -0.39 is 0 Å². The van der Waals surface area contributed by atoms with Gasteiger partial charge >= 0.3 is 0 Å². The van der Waals surface area contributed by atoms with Crippen LogP contribution in [0, 0.1) is 0 Å². The Morgan fingerprint density at radius 2 is 2.00 bits per heavy atom. The van der Waals surface area contributed by atoms with Crippen LogP contribution in [-0.4, -0.2) is 18.3 Å². The van der Waals surface area contributed by atoms with E-state index in [9.17, 15) is 5.11 Å². The number of hydrogen-bond acceptors (Lipinski definition) is 2. The predicted octanol–water partition coefficient (Wildman–Crippen LogP) is 3.13. The highest BCUT2D eigenvalue weighted by Crippen LogP contribution is 2.27. The van der Waals surface area contributed by atoms with Crippen molar-refractivity contribution in [2.45, 2.75) is 45.6 Å². The molecule has 0 aliphatic heterocycles. The summed E-state index contributed by atoms with van der Waals surface area (Å²) in [6.07, 6.45) is 1.23. The van der Waals surface area contributed by atoms with E-state index in [4.69, 9.17) is 4.74 Å². The lowest BCUT2D eigenvalue weighted by Crippen LogP contribution is -2.08. The van der Waals surface area contributed by atoms with Gasteiger partial charge in [0.15, 0.2) is 0 Å². The number of methoxy groups -OCH3 is 1. The maximum absolute atomic E-state index is 9.61. The van der Waals surface area contributed by atoms with Gasteiger partial charge in [-0.2, -0.15) is 0 Å². The van der Waals surface area contributed by atoms with Crippen LogP contribution in [0.2, 0.25) is 0 Å². The van der Waals surface area contributed by atoms with E-state index in [2.05, 4.69) is 26.0 Å². The topological polar surface area (TPSA) is 29.5 Å². The average molecular weight is 222 g/mol. The molecule has 0 fully saturated rings. The van der Waals surface area contributed by atoms with Crippen molar-refractivity contribution >= 4 is 0 Å². The van der Waals surface area contributed by atoms with Gasteiger partial charge < -0.3 is 9.84 Å². The molecule has 1 N–H and O–H groups in total. The van der Waals surface area contributed by atoms with Gasteiger partial charge in [-0.1, -0.05) is 32.9 Å². The number of ether oxygens (including phenoxy) is 1. The van der Waals surface area contributed by atoms with Crippen molar-refractivity contribution < 1.29 is 9.84 Å². The van der Waals surface area contributed by atoms with E-state index in [-0.39, 0.29) is 6.10 Å². The first-order chi connectivity index (χ1) is 7.58. The number of rotatable bonds is 5. The van der Waals surface area contributed by atoms with E-state index >= 15 is 0 Å². The fourth-order valence-electron chi connectivity index (χ4n) is 1.78. The van der Waals surface area contributed by atoms with Gasteiger partial charge in [0, 0.05) is 0 Å². The van der Waals surface area contributed by atoms with Crippen LogP contribution in [0.5, 0.6) is 5.75 Å². The molecule has 1 aromatic carbocycles. The van der Waals surface area contributed by atoms with Gasteiger partial charge in [-0.25, -0.2) is 0 Å². The second kappa shape index (κ2) is 5.90. The summed E-state index contributed by atoms with van der Waals surface area (Å²) >= 11 is 0. The van der Waals surface area contributed by atoms with E-state index in [0.29, 0.717) is 12.3 Å². The minimum absolute atomic E-state index is 0.255. The smallest absolute Gasteiger partial charge is 0.122 e. The molecule has 0 radical (unpaired) electrons. The van der Waals surface area contributed by atoms with Crippen molar-refractivity contribution in [3.05, 3.63) is 29.3 Å². The van der Waals surface area contributed by atoms with Gasteiger partial charge in [-0.15, -0.1) is 0 Å². The van der Waals surface area contributed by atoms with Crippen LogP contribution in [-0.2, 0) is 6.42 Å². The summed E-state index contributed by atoms with van der Waals surface area (Å²) < 4.78 is 5.38. The summed E-state index contributed by atoms with van der Waals surface area (Å²) in [7, 11) is 1.70. The lowest BCUT2D eigenvalue weighted by Gasteiger charge is -2.14. The van der Waals surface area contributed by atoms with Crippen LogP contribution in [0.3, 0.4) is 0 Å². The monoisotopic (exact) mass is 222 g/mol. The zero-order chi connectivity index (χ0) is 12.1. The zero-order valence-corrected chi connectivity index (χ0v) is 10.7. The molecular formula is C14H22O2. The molecule has 90 valence electrons. The number of benzene rings is 1. The summed E-state index contributed by atoms with van der Waals surface area (Å²) in [4.78, 5) is 0. The van der Waals surface area contributed by atoms with Crippen molar-refractivity contribution in [3.8, 4) is 5.75 Å². The second-order valence-corrected chi connectivity index (χ2v) is 4.50. The first-order valence-corrected chi connectivity index (χ1v) is 5.93. The summed E-state index contributed by atoms with van der Waals surface area (Å²) in [5, 5.41) is 9.61. The van der Waals surface area contributed by atoms with Gasteiger partial charge in [0.05, 0.1) is 13.2 Å². The van der Waals surface area contributed by atoms with Gasteiger partial charge in [-0.05, 0) is 36.0 Å². The molecule has 1 unspecified atom stereocenters. The Morgan fingerprint density at radius 3 is 2.50 bits per heavy atom. The molecule has 1 rings (SSSR count). The molecule has 0 aliphatic carbocycles. The summed E-state index contributed by atoms with van der Waals surface area (Å²) in [5.41, 5.74) is 2.35. The van der Waals surface area contributed by atoms with E-state index in [1.165, 1.54) is 5.56 Å². The molecule has 2 nitrogen and oxygen atoms in total. The second-order valence-electron chi connectivity index (χ2n) is 4.50. The Morgan fingerprint density at radius 1 is 1.31 bits per heavy atom. The standard InChI is InChI=1S/C14H22O2/c1-5-12(15)8-11-6-7-13(10(2)3)14(9-11)16-4/h6-7,9-10,12,15H,5,8H2,1-4H3. The quantitative estimate of drug-likeness (QED) is 0.829. The van der Waals surface area contributed by atoms with E-state index in [1.807, 2.05) is 13.0 Å².